The first-order chi connectivity index (χ1) is 11.1. The van der Waals surface area contributed by atoms with Crippen LogP contribution in [0.15, 0.2) is 42.5 Å². The molecule has 2 N–H and O–H groups in total. The monoisotopic (exact) mass is 317 g/mol. The van der Waals surface area contributed by atoms with Gasteiger partial charge in [0.2, 0.25) is 0 Å². The molecular formula is C17H17F2N3O. The molecule has 1 heterocycles. The minimum atomic E-state index is -1.26. The van der Waals surface area contributed by atoms with E-state index in [1.807, 2.05) is 35.9 Å². The number of rotatable bonds is 5. The standard InChI is InChI=1S/C17H17F2N3O/c1-22-14-8-3-2-7-13(14)21-16(22)10-20-9-15(23)17-11(18)5-4-6-12(17)19/h2-8,15,20,23H,9-10H2,1H3. The molecule has 0 spiro atoms. The van der Waals surface area contributed by atoms with Gasteiger partial charge in [-0.3, -0.25) is 0 Å². The van der Waals surface area contributed by atoms with Crippen LogP contribution in [0.3, 0.4) is 0 Å². The highest BCUT2D eigenvalue weighted by Crippen LogP contribution is 2.20. The summed E-state index contributed by atoms with van der Waals surface area (Å²) in [6, 6.07) is 11.3. The van der Waals surface area contributed by atoms with Crippen LogP contribution in [0.1, 0.15) is 17.5 Å². The largest absolute Gasteiger partial charge is 0.387 e. The van der Waals surface area contributed by atoms with Gasteiger partial charge in [-0.25, -0.2) is 13.8 Å². The van der Waals surface area contributed by atoms with Crippen molar-refractivity contribution < 1.29 is 13.9 Å². The van der Waals surface area contributed by atoms with Crippen LogP contribution in [0.4, 0.5) is 8.78 Å². The fourth-order valence-corrected chi connectivity index (χ4v) is 2.61. The van der Waals surface area contributed by atoms with Crippen molar-refractivity contribution in [2.75, 3.05) is 6.54 Å². The van der Waals surface area contributed by atoms with E-state index in [4.69, 9.17) is 0 Å². The van der Waals surface area contributed by atoms with E-state index in [1.54, 1.807) is 0 Å². The second-order valence-electron chi connectivity index (χ2n) is 5.36. The fraction of sp³-hybridized carbons (Fsp3) is 0.235. The van der Waals surface area contributed by atoms with E-state index in [0.29, 0.717) is 6.54 Å². The van der Waals surface area contributed by atoms with Crippen molar-refractivity contribution >= 4 is 11.0 Å². The SMILES string of the molecule is Cn1c(CNCC(O)c2c(F)cccc2F)nc2ccccc21. The number of nitrogens with zero attached hydrogens (tertiary/aromatic N) is 2. The zero-order valence-electron chi connectivity index (χ0n) is 12.6. The van der Waals surface area contributed by atoms with Gasteiger partial charge in [-0.2, -0.15) is 0 Å². The first-order valence-electron chi connectivity index (χ1n) is 7.31. The maximum atomic E-state index is 13.6. The van der Waals surface area contributed by atoms with Gasteiger partial charge >= 0.3 is 0 Å². The predicted octanol–water partition coefficient (Wildman–Crippen LogP) is 2.67. The normalized spacial score (nSPS) is 12.7. The van der Waals surface area contributed by atoms with Crippen molar-refractivity contribution in [1.82, 2.24) is 14.9 Å². The second kappa shape index (κ2) is 6.44. The molecule has 0 aliphatic rings. The first-order valence-corrected chi connectivity index (χ1v) is 7.31. The average Bonchev–Trinajstić information content (AvgIpc) is 2.84. The quantitative estimate of drug-likeness (QED) is 0.761. The highest BCUT2D eigenvalue weighted by atomic mass is 19.1. The van der Waals surface area contributed by atoms with E-state index < -0.39 is 17.7 Å². The summed E-state index contributed by atoms with van der Waals surface area (Å²) in [6.45, 7) is 0.416. The van der Waals surface area contributed by atoms with E-state index in [1.165, 1.54) is 6.07 Å². The van der Waals surface area contributed by atoms with E-state index in [0.717, 1.165) is 29.0 Å². The van der Waals surface area contributed by atoms with Gasteiger partial charge in [0, 0.05) is 13.6 Å². The molecule has 0 fully saturated rings. The summed E-state index contributed by atoms with van der Waals surface area (Å²) in [6.07, 6.45) is -1.26. The average molecular weight is 317 g/mol. The Morgan fingerprint density at radius 2 is 1.83 bits per heavy atom. The molecule has 23 heavy (non-hydrogen) atoms. The van der Waals surface area contributed by atoms with Gasteiger partial charge < -0.3 is 15.0 Å². The van der Waals surface area contributed by atoms with Crippen molar-refractivity contribution in [3.8, 4) is 0 Å². The molecule has 0 amide bonds. The van der Waals surface area contributed by atoms with Crippen LogP contribution in [0, 0.1) is 11.6 Å². The van der Waals surface area contributed by atoms with Gasteiger partial charge in [0.1, 0.15) is 17.5 Å². The maximum absolute atomic E-state index is 13.6. The molecule has 0 aliphatic carbocycles. The lowest BCUT2D eigenvalue weighted by Gasteiger charge is -2.13. The zero-order valence-corrected chi connectivity index (χ0v) is 12.6. The Kier molecular flexibility index (Phi) is 4.36. The van der Waals surface area contributed by atoms with E-state index >= 15 is 0 Å². The van der Waals surface area contributed by atoms with Crippen molar-refractivity contribution in [2.45, 2.75) is 12.6 Å². The Labute approximate surface area is 132 Å². The number of para-hydroxylation sites is 2. The third-order valence-corrected chi connectivity index (χ3v) is 3.83. The minimum absolute atomic E-state index is 0.0288. The number of aryl methyl sites for hydroxylation is 1. The van der Waals surface area contributed by atoms with Crippen LogP contribution < -0.4 is 5.32 Å². The number of nitrogens with one attached hydrogen (secondary N) is 1. The molecule has 1 atom stereocenters. The molecule has 120 valence electrons. The number of fused-ring (bicyclic) bond motifs is 1. The van der Waals surface area contributed by atoms with Crippen LogP contribution in [0.25, 0.3) is 11.0 Å². The molecule has 0 bridgehead atoms. The smallest absolute Gasteiger partial charge is 0.131 e. The number of imidazole rings is 1. The van der Waals surface area contributed by atoms with Gasteiger partial charge in [-0.15, -0.1) is 0 Å². The van der Waals surface area contributed by atoms with Crippen LogP contribution in [0.2, 0.25) is 0 Å². The highest BCUT2D eigenvalue weighted by Gasteiger charge is 2.17. The highest BCUT2D eigenvalue weighted by molar-refractivity contribution is 5.75. The molecule has 4 nitrogen and oxygen atoms in total. The number of hydrogen-bond donors (Lipinski definition) is 2. The Morgan fingerprint density at radius 1 is 1.13 bits per heavy atom. The van der Waals surface area contributed by atoms with Gasteiger partial charge in [-0.1, -0.05) is 18.2 Å². The number of benzene rings is 2. The van der Waals surface area contributed by atoms with E-state index in [2.05, 4.69) is 10.3 Å². The van der Waals surface area contributed by atoms with Crippen molar-refractivity contribution in [1.29, 1.82) is 0 Å². The Hall–Kier alpha value is -2.31. The molecule has 0 saturated carbocycles. The second-order valence-corrected chi connectivity index (χ2v) is 5.36. The number of aliphatic hydroxyl groups is 1. The van der Waals surface area contributed by atoms with E-state index in [9.17, 15) is 13.9 Å². The Balaban J connectivity index is 1.68. The van der Waals surface area contributed by atoms with Crippen molar-refractivity contribution in [3.63, 3.8) is 0 Å². The molecule has 0 radical (unpaired) electrons. The number of aliphatic hydroxyl groups excluding tert-OH is 1. The molecule has 3 aromatic rings. The fourth-order valence-electron chi connectivity index (χ4n) is 2.61. The molecular weight excluding hydrogens is 300 g/mol. The third kappa shape index (κ3) is 3.09. The lowest BCUT2D eigenvalue weighted by atomic mass is 10.1. The number of halogens is 2. The summed E-state index contributed by atoms with van der Waals surface area (Å²) in [4.78, 5) is 4.49. The van der Waals surface area contributed by atoms with E-state index in [-0.39, 0.29) is 12.1 Å². The number of hydrogen-bond acceptors (Lipinski definition) is 3. The third-order valence-electron chi connectivity index (χ3n) is 3.83. The maximum Gasteiger partial charge on any atom is 0.131 e. The van der Waals surface area contributed by atoms with Crippen LogP contribution in [-0.4, -0.2) is 21.2 Å². The molecule has 1 unspecified atom stereocenters. The molecule has 2 aromatic carbocycles. The lowest BCUT2D eigenvalue weighted by Crippen LogP contribution is -2.23. The molecule has 3 rings (SSSR count). The lowest BCUT2D eigenvalue weighted by molar-refractivity contribution is 0.164. The van der Waals surface area contributed by atoms with Gasteiger partial charge in [0.15, 0.2) is 0 Å². The summed E-state index contributed by atoms with van der Waals surface area (Å²) < 4.78 is 29.2. The van der Waals surface area contributed by atoms with Crippen LogP contribution in [-0.2, 0) is 13.6 Å². The summed E-state index contributed by atoms with van der Waals surface area (Å²) in [7, 11) is 1.90. The summed E-state index contributed by atoms with van der Waals surface area (Å²) in [5.41, 5.74) is 1.57. The zero-order chi connectivity index (χ0) is 16.4. The van der Waals surface area contributed by atoms with Crippen LogP contribution in [0.5, 0.6) is 0 Å². The molecule has 1 aromatic heterocycles. The van der Waals surface area contributed by atoms with Crippen LogP contribution >= 0.6 is 0 Å². The predicted molar refractivity (Wildman–Crippen MR) is 83.7 cm³/mol. The first kappa shape index (κ1) is 15.6. The van der Waals surface area contributed by atoms with Crippen molar-refractivity contribution in [2.24, 2.45) is 7.05 Å². The minimum Gasteiger partial charge on any atom is -0.387 e. The topological polar surface area (TPSA) is 50.1 Å². The van der Waals surface area contributed by atoms with Gasteiger partial charge in [0.05, 0.1) is 29.2 Å². The molecule has 0 saturated heterocycles. The van der Waals surface area contributed by atoms with Crippen molar-refractivity contribution in [3.05, 3.63) is 65.5 Å². The summed E-state index contributed by atoms with van der Waals surface area (Å²) >= 11 is 0. The number of aromatic nitrogens is 2. The summed E-state index contributed by atoms with van der Waals surface area (Å²) in [5, 5.41) is 13.0. The molecule has 0 aliphatic heterocycles. The van der Waals surface area contributed by atoms with Gasteiger partial charge in [-0.05, 0) is 24.3 Å². The Bertz CT molecular complexity index is 812. The Morgan fingerprint density at radius 3 is 2.52 bits per heavy atom. The summed E-state index contributed by atoms with van der Waals surface area (Å²) in [5.74, 6) is -0.712. The molecule has 6 heteroatoms. The van der Waals surface area contributed by atoms with Gasteiger partial charge in [0.25, 0.3) is 0 Å².